The molecule has 0 spiro atoms. The summed E-state index contributed by atoms with van der Waals surface area (Å²) < 4.78 is 0. The van der Waals surface area contributed by atoms with Crippen LogP contribution < -0.4 is 16.0 Å². The number of hydrogen-bond acceptors (Lipinski definition) is 3. The van der Waals surface area contributed by atoms with Crippen molar-refractivity contribution in [2.24, 2.45) is 4.99 Å². The molecule has 1 unspecified atom stereocenters. The second-order valence-electron chi connectivity index (χ2n) is 6.11. The molecular formula is C22H27IN4O2. The highest BCUT2D eigenvalue weighted by atomic mass is 127. The fourth-order valence-corrected chi connectivity index (χ4v) is 2.55. The summed E-state index contributed by atoms with van der Waals surface area (Å²) in [7, 11) is 0. The van der Waals surface area contributed by atoms with Crippen molar-refractivity contribution in [3.05, 3.63) is 65.7 Å². The Labute approximate surface area is 189 Å². The van der Waals surface area contributed by atoms with Gasteiger partial charge in [0.05, 0.1) is 6.10 Å². The summed E-state index contributed by atoms with van der Waals surface area (Å²) >= 11 is 0. The van der Waals surface area contributed by atoms with Crippen molar-refractivity contribution in [2.75, 3.05) is 25.0 Å². The number of rotatable bonds is 8. The lowest BCUT2D eigenvalue weighted by atomic mass is 10.1. The molecule has 29 heavy (non-hydrogen) atoms. The molecule has 0 aliphatic heterocycles. The van der Waals surface area contributed by atoms with E-state index in [4.69, 9.17) is 6.42 Å². The van der Waals surface area contributed by atoms with Crippen molar-refractivity contribution in [3.8, 4) is 12.3 Å². The predicted molar refractivity (Wildman–Crippen MR) is 128 cm³/mol. The molecular weight excluding hydrogens is 479 g/mol. The van der Waals surface area contributed by atoms with Gasteiger partial charge in [-0.3, -0.25) is 4.79 Å². The van der Waals surface area contributed by atoms with Gasteiger partial charge in [-0.25, -0.2) is 4.99 Å². The monoisotopic (exact) mass is 506 g/mol. The number of aliphatic hydroxyl groups is 1. The van der Waals surface area contributed by atoms with Gasteiger partial charge < -0.3 is 21.1 Å². The Morgan fingerprint density at radius 1 is 1.17 bits per heavy atom. The van der Waals surface area contributed by atoms with E-state index in [1.807, 2.05) is 37.3 Å². The number of anilines is 1. The Bertz CT molecular complexity index is 834. The van der Waals surface area contributed by atoms with Gasteiger partial charge in [-0.05, 0) is 37.1 Å². The predicted octanol–water partition coefficient (Wildman–Crippen LogP) is 2.90. The summed E-state index contributed by atoms with van der Waals surface area (Å²) in [5, 5.41) is 19.2. The minimum atomic E-state index is -0.552. The lowest BCUT2D eigenvalue weighted by Crippen LogP contribution is -2.38. The maximum Gasteiger partial charge on any atom is 0.246 e. The molecule has 0 aromatic heterocycles. The Hall–Kier alpha value is -2.57. The smallest absolute Gasteiger partial charge is 0.246 e. The highest BCUT2D eigenvalue weighted by molar-refractivity contribution is 14.0. The van der Waals surface area contributed by atoms with E-state index < -0.39 is 6.10 Å². The van der Waals surface area contributed by atoms with E-state index in [0.29, 0.717) is 36.7 Å². The molecule has 2 aromatic carbocycles. The topological polar surface area (TPSA) is 85.8 Å². The number of nitrogens with zero attached hydrogens (tertiary/aromatic N) is 1. The standard InChI is InChI=1S/C22H26N4O2.HI/c1-3-17-9-8-12-19(15-17)26-21(28)16-25-22(23-4-2)24-14-13-20(27)18-10-6-5-7-11-18;/h1,5-12,15,20,27H,4,13-14,16H2,2H3,(H,26,28)(H2,23,24,25);1H. The molecule has 6 nitrogen and oxygen atoms in total. The molecule has 0 saturated heterocycles. The van der Waals surface area contributed by atoms with Gasteiger partial charge in [0.15, 0.2) is 5.96 Å². The van der Waals surface area contributed by atoms with Crippen LogP contribution in [-0.2, 0) is 4.79 Å². The number of aliphatic imine (C=N–C) groups is 1. The number of carbonyl (C=O) groups is 1. The fourth-order valence-electron chi connectivity index (χ4n) is 2.55. The lowest BCUT2D eigenvalue weighted by molar-refractivity contribution is -0.114. The zero-order chi connectivity index (χ0) is 20.2. The number of benzene rings is 2. The van der Waals surface area contributed by atoms with Crippen LogP contribution in [0.3, 0.4) is 0 Å². The number of halogens is 1. The lowest BCUT2D eigenvalue weighted by Gasteiger charge is -2.14. The third-order valence-corrected chi connectivity index (χ3v) is 3.93. The average Bonchev–Trinajstić information content (AvgIpc) is 2.72. The van der Waals surface area contributed by atoms with Crippen molar-refractivity contribution < 1.29 is 9.90 Å². The van der Waals surface area contributed by atoms with Crippen LogP contribution in [0, 0.1) is 12.3 Å². The van der Waals surface area contributed by atoms with E-state index in [2.05, 4.69) is 26.9 Å². The number of nitrogens with one attached hydrogen (secondary N) is 3. The molecule has 1 atom stereocenters. The third-order valence-electron chi connectivity index (χ3n) is 3.93. The highest BCUT2D eigenvalue weighted by Gasteiger charge is 2.08. The van der Waals surface area contributed by atoms with Crippen LogP contribution in [0.2, 0.25) is 0 Å². The molecule has 1 amide bonds. The second-order valence-corrected chi connectivity index (χ2v) is 6.11. The van der Waals surface area contributed by atoms with Crippen LogP contribution in [0.15, 0.2) is 59.6 Å². The van der Waals surface area contributed by atoms with E-state index in [1.54, 1.807) is 24.3 Å². The van der Waals surface area contributed by atoms with Crippen molar-refractivity contribution in [1.82, 2.24) is 10.6 Å². The quantitative estimate of drug-likeness (QED) is 0.192. The van der Waals surface area contributed by atoms with Crippen LogP contribution in [0.4, 0.5) is 5.69 Å². The summed E-state index contributed by atoms with van der Waals surface area (Å²) in [5.74, 6) is 2.82. The van der Waals surface area contributed by atoms with E-state index in [9.17, 15) is 9.90 Å². The number of guanidine groups is 1. The zero-order valence-corrected chi connectivity index (χ0v) is 18.7. The summed E-state index contributed by atoms with van der Waals surface area (Å²) in [4.78, 5) is 16.4. The molecule has 0 bridgehead atoms. The number of amides is 1. The second kappa shape index (κ2) is 13.6. The summed E-state index contributed by atoms with van der Waals surface area (Å²) in [6.07, 6.45) is 5.34. The van der Waals surface area contributed by atoms with Crippen molar-refractivity contribution in [3.63, 3.8) is 0 Å². The van der Waals surface area contributed by atoms with Crippen molar-refractivity contribution in [2.45, 2.75) is 19.4 Å². The molecule has 2 aromatic rings. The Balaban J connectivity index is 0.00000420. The van der Waals surface area contributed by atoms with Gasteiger partial charge in [-0.15, -0.1) is 30.4 Å². The Morgan fingerprint density at radius 3 is 2.62 bits per heavy atom. The fraction of sp³-hybridized carbons (Fsp3) is 0.273. The maximum absolute atomic E-state index is 12.1. The summed E-state index contributed by atoms with van der Waals surface area (Å²) in [6, 6.07) is 16.6. The summed E-state index contributed by atoms with van der Waals surface area (Å²) in [5.41, 5.74) is 2.22. The molecule has 4 N–H and O–H groups in total. The molecule has 0 radical (unpaired) electrons. The molecule has 0 saturated carbocycles. The van der Waals surface area contributed by atoms with Gasteiger partial charge in [0, 0.05) is 24.3 Å². The minimum absolute atomic E-state index is 0. The van der Waals surface area contributed by atoms with Gasteiger partial charge in [-0.1, -0.05) is 42.3 Å². The van der Waals surface area contributed by atoms with Crippen LogP contribution in [0.25, 0.3) is 0 Å². The first-order valence-electron chi connectivity index (χ1n) is 9.24. The largest absolute Gasteiger partial charge is 0.388 e. The molecule has 0 aliphatic rings. The normalized spacial score (nSPS) is 11.6. The van der Waals surface area contributed by atoms with Gasteiger partial charge in [0.1, 0.15) is 6.54 Å². The van der Waals surface area contributed by atoms with Gasteiger partial charge in [0.25, 0.3) is 0 Å². The molecule has 154 valence electrons. The first-order valence-corrected chi connectivity index (χ1v) is 9.24. The van der Waals surface area contributed by atoms with E-state index in [-0.39, 0.29) is 36.4 Å². The minimum Gasteiger partial charge on any atom is -0.388 e. The maximum atomic E-state index is 12.1. The molecule has 0 fully saturated rings. The van der Waals surface area contributed by atoms with Gasteiger partial charge >= 0.3 is 0 Å². The van der Waals surface area contributed by atoms with E-state index >= 15 is 0 Å². The number of terminal acetylenes is 1. The average molecular weight is 506 g/mol. The molecule has 0 heterocycles. The van der Waals surface area contributed by atoms with Gasteiger partial charge in [-0.2, -0.15) is 0 Å². The van der Waals surface area contributed by atoms with Crippen molar-refractivity contribution in [1.29, 1.82) is 0 Å². The van der Waals surface area contributed by atoms with Crippen LogP contribution >= 0.6 is 24.0 Å². The van der Waals surface area contributed by atoms with E-state index in [1.165, 1.54) is 0 Å². The van der Waals surface area contributed by atoms with Crippen LogP contribution in [-0.4, -0.2) is 36.6 Å². The van der Waals surface area contributed by atoms with E-state index in [0.717, 1.165) is 5.56 Å². The van der Waals surface area contributed by atoms with Gasteiger partial charge in [0.2, 0.25) is 5.91 Å². The first-order chi connectivity index (χ1) is 13.6. The Kier molecular flexibility index (Phi) is 11.5. The van der Waals surface area contributed by atoms with Crippen LogP contribution in [0.1, 0.15) is 30.6 Å². The number of aliphatic hydroxyl groups excluding tert-OH is 1. The molecule has 7 heteroatoms. The first kappa shape index (κ1) is 24.5. The summed E-state index contributed by atoms with van der Waals surface area (Å²) in [6.45, 7) is 3.10. The zero-order valence-electron chi connectivity index (χ0n) is 16.4. The molecule has 2 rings (SSSR count). The van der Waals surface area contributed by atoms with Crippen LogP contribution in [0.5, 0.6) is 0 Å². The highest BCUT2D eigenvalue weighted by Crippen LogP contribution is 2.14. The number of hydrogen-bond donors (Lipinski definition) is 4. The SMILES string of the molecule is C#Cc1cccc(NC(=O)CN=C(NCC)NCCC(O)c2ccccc2)c1.I. The molecule has 0 aliphatic carbocycles. The Morgan fingerprint density at radius 2 is 1.93 bits per heavy atom. The third kappa shape index (κ3) is 8.98. The van der Waals surface area contributed by atoms with Crippen molar-refractivity contribution >= 4 is 41.5 Å². The number of carbonyl (C=O) groups excluding carboxylic acids is 1.